The van der Waals surface area contributed by atoms with Gasteiger partial charge >= 0.3 is 0 Å². The van der Waals surface area contributed by atoms with Crippen LogP contribution in [0.5, 0.6) is 11.5 Å². The molecule has 2 aliphatic rings. The second-order valence-electron chi connectivity index (χ2n) is 9.79. The third-order valence-corrected chi connectivity index (χ3v) is 6.55. The zero-order valence-corrected chi connectivity index (χ0v) is 22.3. The van der Waals surface area contributed by atoms with Gasteiger partial charge in [0.1, 0.15) is 18.8 Å². The highest BCUT2D eigenvalue weighted by molar-refractivity contribution is 5.97. The van der Waals surface area contributed by atoms with Crippen molar-refractivity contribution < 1.29 is 39.5 Å². The van der Waals surface area contributed by atoms with E-state index in [1.54, 1.807) is 44.2 Å². The molecule has 3 unspecified atom stereocenters. The molecular formula is C29H38N2O8. The molecule has 6 atom stereocenters. The molecule has 1 amide bonds. The molecule has 10 heteroatoms. The van der Waals surface area contributed by atoms with Crippen LogP contribution in [-0.2, 0) is 14.4 Å². The molecule has 0 aromatic heterocycles. The number of nitrogens with zero attached hydrogens (tertiary/aromatic N) is 1. The predicted molar refractivity (Wildman–Crippen MR) is 147 cm³/mol. The maximum Gasteiger partial charge on any atom is 0.247 e. The van der Waals surface area contributed by atoms with E-state index in [0.717, 1.165) is 0 Å². The first kappa shape index (κ1) is 30.1. The first-order valence-electron chi connectivity index (χ1n) is 12.9. The lowest BCUT2D eigenvalue weighted by Crippen LogP contribution is -2.53. The number of phenols is 1. The number of oxime groups is 1. The molecule has 0 radical (unpaired) electrons. The number of hydrogen-bond donors (Lipinski definition) is 5. The van der Waals surface area contributed by atoms with E-state index >= 15 is 0 Å². The van der Waals surface area contributed by atoms with E-state index in [1.807, 2.05) is 0 Å². The molecule has 1 saturated carbocycles. The van der Waals surface area contributed by atoms with Crippen molar-refractivity contribution in [3.8, 4) is 11.5 Å². The summed E-state index contributed by atoms with van der Waals surface area (Å²) >= 11 is 0. The summed E-state index contributed by atoms with van der Waals surface area (Å²) in [5.41, 5.74) is 2.11. The van der Waals surface area contributed by atoms with Gasteiger partial charge in [0, 0.05) is 12.0 Å². The van der Waals surface area contributed by atoms with Crippen LogP contribution in [0.25, 0.3) is 6.08 Å². The van der Waals surface area contributed by atoms with Crippen molar-refractivity contribution in [3.05, 3.63) is 66.3 Å². The van der Waals surface area contributed by atoms with Gasteiger partial charge in [0.2, 0.25) is 12.2 Å². The fourth-order valence-corrected chi connectivity index (χ4v) is 4.32. The Morgan fingerprint density at radius 3 is 2.59 bits per heavy atom. The quantitative estimate of drug-likeness (QED) is 0.124. The SMILES string of the molecule is C=C/C=C\C(=C)CO/N=C(\C)C1C[C@H](O)C(Oc2ccc(/C=C(\C)C(=O)NC3[C@H](O)CCC[C@@H]3O)cc2O)O1. The molecular weight excluding hydrogens is 504 g/mol. The largest absolute Gasteiger partial charge is 0.504 e. The summed E-state index contributed by atoms with van der Waals surface area (Å²) < 4.78 is 11.5. The Morgan fingerprint density at radius 1 is 1.21 bits per heavy atom. The first-order chi connectivity index (χ1) is 18.6. The number of hydrogen-bond acceptors (Lipinski definition) is 9. The van der Waals surface area contributed by atoms with Crippen LogP contribution >= 0.6 is 0 Å². The van der Waals surface area contributed by atoms with Crippen LogP contribution in [0.2, 0.25) is 0 Å². The Morgan fingerprint density at radius 2 is 1.92 bits per heavy atom. The van der Waals surface area contributed by atoms with Crippen LogP contribution in [0.3, 0.4) is 0 Å². The van der Waals surface area contributed by atoms with Gasteiger partial charge in [-0.1, -0.05) is 42.6 Å². The van der Waals surface area contributed by atoms with Crippen LogP contribution in [0, 0.1) is 0 Å². The highest BCUT2D eigenvalue weighted by atomic mass is 16.7. The Bertz CT molecular complexity index is 1120. The van der Waals surface area contributed by atoms with E-state index in [4.69, 9.17) is 14.3 Å². The molecule has 1 aromatic carbocycles. The van der Waals surface area contributed by atoms with E-state index in [1.165, 1.54) is 12.1 Å². The fourth-order valence-electron chi connectivity index (χ4n) is 4.32. The lowest BCUT2D eigenvalue weighted by atomic mass is 9.89. The second kappa shape index (κ2) is 14.1. The van der Waals surface area contributed by atoms with Gasteiger partial charge in [-0.3, -0.25) is 4.79 Å². The lowest BCUT2D eigenvalue weighted by molar-refractivity contribution is -0.121. The van der Waals surface area contributed by atoms with Crippen molar-refractivity contribution in [1.82, 2.24) is 5.32 Å². The van der Waals surface area contributed by atoms with Crippen LogP contribution in [0.15, 0.2) is 65.9 Å². The van der Waals surface area contributed by atoms with Crippen molar-refractivity contribution >= 4 is 17.7 Å². The normalized spacial score (nSPS) is 27.8. The van der Waals surface area contributed by atoms with Crippen LogP contribution in [-0.4, -0.2) is 75.4 Å². The van der Waals surface area contributed by atoms with E-state index < -0.39 is 42.7 Å². The summed E-state index contributed by atoms with van der Waals surface area (Å²) in [5, 5.41) is 47.9. The molecule has 2 fully saturated rings. The molecule has 0 spiro atoms. The minimum absolute atomic E-state index is 0.101. The molecule has 10 nitrogen and oxygen atoms in total. The summed E-state index contributed by atoms with van der Waals surface area (Å²) in [7, 11) is 0. The van der Waals surface area contributed by atoms with Crippen molar-refractivity contribution in [1.29, 1.82) is 0 Å². The van der Waals surface area contributed by atoms with Gasteiger partial charge in [0.25, 0.3) is 0 Å². The standard InChI is InChI=1S/C29H38N2O8/c1-5-6-8-17(2)16-37-31-19(4)26-15-24(35)29(39-26)38-25-12-11-20(14-23(25)34)13-18(3)28(36)30-27-21(32)9-7-10-22(27)33/h5-6,8,11-14,21-22,24,26-27,29,32-35H,1-2,7,9-10,15-16H2,3-4H3,(H,30,36)/b8-6-,18-13+,31-19+/t21-,22+,24-,26?,27?,29?/m0/s1. The van der Waals surface area contributed by atoms with Crippen LogP contribution in [0.1, 0.15) is 45.1 Å². The number of aliphatic hydroxyl groups is 3. The molecule has 3 rings (SSSR count). The number of carbonyl (C=O) groups excluding carboxylic acids is 1. The van der Waals surface area contributed by atoms with Crippen LogP contribution in [0.4, 0.5) is 0 Å². The summed E-state index contributed by atoms with van der Waals surface area (Å²) in [6.07, 6.45) is 4.56. The number of phenolic OH excluding ortho intramolecular Hbond substituents is 1. The van der Waals surface area contributed by atoms with E-state index in [0.29, 0.717) is 41.7 Å². The molecule has 1 saturated heterocycles. The third-order valence-electron chi connectivity index (χ3n) is 6.55. The monoisotopic (exact) mass is 542 g/mol. The van der Waals surface area contributed by atoms with Gasteiger partial charge in [0.15, 0.2) is 11.5 Å². The maximum atomic E-state index is 12.6. The summed E-state index contributed by atoms with van der Waals surface area (Å²) in [4.78, 5) is 17.9. The highest BCUT2D eigenvalue weighted by Gasteiger charge is 2.38. The zero-order chi connectivity index (χ0) is 28.5. The fraction of sp³-hybridized carbons (Fsp3) is 0.448. The topological polar surface area (TPSA) is 150 Å². The van der Waals surface area contributed by atoms with Crippen molar-refractivity contribution in [2.75, 3.05) is 6.61 Å². The average Bonchev–Trinajstić information content (AvgIpc) is 3.26. The molecule has 1 aromatic rings. The number of nitrogens with one attached hydrogen (secondary N) is 1. The Kier molecular flexibility index (Phi) is 10.9. The van der Waals surface area contributed by atoms with Gasteiger partial charge in [-0.15, -0.1) is 0 Å². The zero-order valence-electron chi connectivity index (χ0n) is 22.3. The minimum Gasteiger partial charge on any atom is -0.504 e. The number of aromatic hydroxyl groups is 1. The summed E-state index contributed by atoms with van der Waals surface area (Å²) in [6, 6.07) is 3.85. The summed E-state index contributed by atoms with van der Waals surface area (Å²) in [5.74, 6) is -0.524. The molecule has 1 aliphatic carbocycles. The average molecular weight is 543 g/mol. The number of carbonyl (C=O) groups is 1. The Hall–Kier alpha value is -3.44. The first-order valence-corrected chi connectivity index (χ1v) is 12.9. The predicted octanol–water partition coefficient (Wildman–Crippen LogP) is 2.73. The molecule has 1 heterocycles. The molecule has 0 bridgehead atoms. The van der Waals surface area contributed by atoms with Crippen LogP contribution < -0.4 is 10.1 Å². The van der Waals surface area contributed by atoms with Crippen molar-refractivity contribution in [2.24, 2.45) is 5.16 Å². The van der Waals surface area contributed by atoms with Gasteiger partial charge in [-0.25, -0.2) is 0 Å². The number of ether oxygens (including phenoxy) is 2. The lowest BCUT2D eigenvalue weighted by Gasteiger charge is -2.32. The number of rotatable bonds is 11. The number of aliphatic hydroxyl groups excluding tert-OH is 3. The van der Waals surface area contributed by atoms with Crippen molar-refractivity contribution in [3.63, 3.8) is 0 Å². The second-order valence-corrected chi connectivity index (χ2v) is 9.79. The molecule has 5 N–H and O–H groups in total. The number of benzene rings is 1. The smallest absolute Gasteiger partial charge is 0.247 e. The minimum atomic E-state index is -1.03. The van der Waals surface area contributed by atoms with Gasteiger partial charge in [-0.05, 0) is 62.5 Å². The van der Waals surface area contributed by atoms with Gasteiger partial charge in [0.05, 0.1) is 24.0 Å². The molecule has 1 aliphatic heterocycles. The maximum absolute atomic E-state index is 12.6. The third kappa shape index (κ3) is 8.52. The molecule has 39 heavy (non-hydrogen) atoms. The number of amides is 1. The Labute approximate surface area is 228 Å². The summed E-state index contributed by atoms with van der Waals surface area (Å²) in [6.45, 7) is 10.9. The van der Waals surface area contributed by atoms with Crippen molar-refractivity contribution in [2.45, 2.75) is 76.3 Å². The van der Waals surface area contributed by atoms with Gasteiger partial charge < -0.3 is 40.1 Å². The van der Waals surface area contributed by atoms with E-state index in [2.05, 4.69) is 23.6 Å². The molecule has 212 valence electrons. The van der Waals surface area contributed by atoms with Gasteiger partial charge in [-0.2, -0.15) is 0 Å². The van der Waals surface area contributed by atoms with E-state index in [9.17, 15) is 25.2 Å². The van der Waals surface area contributed by atoms with E-state index in [-0.39, 0.29) is 24.5 Å². The Balaban J connectivity index is 1.56. The number of allylic oxidation sites excluding steroid dienone is 2. The highest BCUT2D eigenvalue weighted by Crippen LogP contribution is 2.32.